The van der Waals surface area contributed by atoms with Crippen molar-refractivity contribution in [2.75, 3.05) is 13.2 Å². The van der Waals surface area contributed by atoms with Crippen molar-refractivity contribution in [3.63, 3.8) is 0 Å². The van der Waals surface area contributed by atoms with Crippen molar-refractivity contribution in [2.45, 2.75) is 290 Å². The number of carbonyl (C=O) groups excluding carboxylic acids is 3. The van der Waals surface area contributed by atoms with E-state index < -0.39 is 6.10 Å². The quantitative estimate of drug-likeness (QED) is 0.0261. The summed E-state index contributed by atoms with van der Waals surface area (Å²) in [6, 6.07) is 0. The van der Waals surface area contributed by atoms with Crippen LogP contribution < -0.4 is 0 Å². The fraction of sp³-hybridized carbons (Fsp3) is 0.734. The molecule has 0 amide bonds. The lowest BCUT2D eigenvalue weighted by Gasteiger charge is -2.18. The molecule has 0 radical (unpaired) electrons. The second kappa shape index (κ2) is 58.2. The Morgan fingerprint density at radius 2 is 0.557 bits per heavy atom. The number of allylic oxidation sites excluding steroid dienone is 14. The first-order valence-corrected chi connectivity index (χ1v) is 29.6. The molecule has 0 aromatic carbocycles. The zero-order chi connectivity index (χ0) is 50.7. The molecule has 0 N–H and O–H groups in total. The minimum atomic E-state index is -0.780. The third kappa shape index (κ3) is 55.5. The van der Waals surface area contributed by atoms with Crippen LogP contribution in [0.1, 0.15) is 284 Å². The van der Waals surface area contributed by atoms with Crippen LogP contribution in [0, 0.1) is 0 Å². The summed E-state index contributed by atoms with van der Waals surface area (Å²) in [6.07, 6.45) is 75.9. The molecular formula is C64H110O6. The molecule has 0 rings (SSSR count). The first kappa shape index (κ1) is 66.6. The first-order valence-electron chi connectivity index (χ1n) is 29.6. The lowest BCUT2D eigenvalue weighted by atomic mass is 10.0. The highest BCUT2D eigenvalue weighted by Gasteiger charge is 2.19. The summed E-state index contributed by atoms with van der Waals surface area (Å²) in [7, 11) is 0. The van der Waals surface area contributed by atoms with Gasteiger partial charge in [0.05, 0.1) is 0 Å². The second-order valence-electron chi connectivity index (χ2n) is 19.5. The number of carbonyl (C=O) groups is 3. The molecule has 6 nitrogen and oxygen atoms in total. The average Bonchev–Trinajstić information content (AvgIpc) is 3.36. The normalized spacial score (nSPS) is 12.7. The largest absolute Gasteiger partial charge is 0.462 e. The van der Waals surface area contributed by atoms with Crippen LogP contribution in [0.15, 0.2) is 85.1 Å². The minimum Gasteiger partial charge on any atom is -0.462 e. The highest BCUT2D eigenvalue weighted by atomic mass is 16.6. The molecule has 0 heterocycles. The number of rotatable bonds is 53. The predicted molar refractivity (Wildman–Crippen MR) is 302 cm³/mol. The van der Waals surface area contributed by atoms with E-state index in [1.165, 1.54) is 122 Å². The maximum absolute atomic E-state index is 12.8. The van der Waals surface area contributed by atoms with Crippen LogP contribution in [0.3, 0.4) is 0 Å². The van der Waals surface area contributed by atoms with Crippen LogP contribution in [0.2, 0.25) is 0 Å². The molecule has 0 saturated carbocycles. The Bertz CT molecular complexity index is 1350. The van der Waals surface area contributed by atoms with Crippen molar-refractivity contribution in [1.82, 2.24) is 0 Å². The Hall–Kier alpha value is -3.41. The van der Waals surface area contributed by atoms with Crippen molar-refractivity contribution >= 4 is 17.9 Å². The van der Waals surface area contributed by atoms with E-state index in [1.54, 1.807) is 0 Å². The van der Waals surface area contributed by atoms with E-state index in [9.17, 15) is 14.4 Å². The van der Waals surface area contributed by atoms with Gasteiger partial charge in [-0.2, -0.15) is 0 Å². The predicted octanol–water partition coefficient (Wildman–Crippen LogP) is 19.9. The molecule has 0 fully saturated rings. The van der Waals surface area contributed by atoms with Crippen LogP contribution in [-0.2, 0) is 28.6 Å². The van der Waals surface area contributed by atoms with Gasteiger partial charge < -0.3 is 14.2 Å². The van der Waals surface area contributed by atoms with Gasteiger partial charge in [0.1, 0.15) is 13.2 Å². The molecule has 6 heteroatoms. The number of unbranched alkanes of at least 4 members (excludes halogenated alkanes) is 28. The van der Waals surface area contributed by atoms with Crippen LogP contribution in [0.4, 0.5) is 0 Å². The third-order valence-electron chi connectivity index (χ3n) is 12.7. The summed E-state index contributed by atoms with van der Waals surface area (Å²) in [5.41, 5.74) is 0. The van der Waals surface area contributed by atoms with Crippen LogP contribution in [0.25, 0.3) is 0 Å². The Morgan fingerprint density at radius 3 is 0.871 bits per heavy atom. The van der Waals surface area contributed by atoms with Gasteiger partial charge in [0.2, 0.25) is 0 Å². The smallest absolute Gasteiger partial charge is 0.306 e. The Labute approximate surface area is 433 Å². The van der Waals surface area contributed by atoms with E-state index in [-0.39, 0.29) is 31.1 Å². The van der Waals surface area contributed by atoms with Crippen molar-refractivity contribution in [1.29, 1.82) is 0 Å². The molecule has 0 spiro atoms. The van der Waals surface area contributed by atoms with Crippen molar-refractivity contribution in [3.05, 3.63) is 85.1 Å². The molecule has 1 unspecified atom stereocenters. The third-order valence-corrected chi connectivity index (χ3v) is 12.7. The molecule has 0 aliphatic carbocycles. The van der Waals surface area contributed by atoms with E-state index >= 15 is 0 Å². The lowest BCUT2D eigenvalue weighted by Crippen LogP contribution is -2.30. The van der Waals surface area contributed by atoms with Gasteiger partial charge in [0, 0.05) is 19.3 Å². The van der Waals surface area contributed by atoms with Gasteiger partial charge in [-0.15, -0.1) is 0 Å². The number of ether oxygens (including phenoxy) is 3. The van der Waals surface area contributed by atoms with Crippen molar-refractivity contribution in [3.8, 4) is 0 Å². The van der Waals surface area contributed by atoms with Crippen LogP contribution in [-0.4, -0.2) is 37.2 Å². The molecule has 1 atom stereocenters. The molecule has 0 aromatic heterocycles. The van der Waals surface area contributed by atoms with E-state index in [0.717, 1.165) is 122 Å². The van der Waals surface area contributed by atoms with Gasteiger partial charge in [-0.25, -0.2) is 0 Å². The summed E-state index contributed by atoms with van der Waals surface area (Å²) in [5, 5.41) is 0. The lowest BCUT2D eigenvalue weighted by molar-refractivity contribution is -0.167. The van der Waals surface area contributed by atoms with Crippen molar-refractivity contribution in [2.24, 2.45) is 0 Å². The fourth-order valence-electron chi connectivity index (χ4n) is 8.25. The van der Waals surface area contributed by atoms with Gasteiger partial charge in [-0.1, -0.05) is 273 Å². The van der Waals surface area contributed by atoms with Crippen LogP contribution >= 0.6 is 0 Å². The molecule has 402 valence electrons. The van der Waals surface area contributed by atoms with Crippen molar-refractivity contribution < 1.29 is 28.6 Å². The van der Waals surface area contributed by atoms with Gasteiger partial charge in [0.15, 0.2) is 6.10 Å². The van der Waals surface area contributed by atoms with E-state index in [2.05, 4.69) is 106 Å². The van der Waals surface area contributed by atoms with Crippen LogP contribution in [0.5, 0.6) is 0 Å². The second-order valence-corrected chi connectivity index (χ2v) is 19.5. The van der Waals surface area contributed by atoms with Gasteiger partial charge in [-0.3, -0.25) is 14.4 Å². The highest BCUT2D eigenvalue weighted by molar-refractivity contribution is 5.71. The Kier molecular flexibility index (Phi) is 55.3. The summed E-state index contributed by atoms with van der Waals surface area (Å²) < 4.78 is 16.8. The van der Waals surface area contributed by atoms with E-state index in [1.807, 2.05) is 0 Å². The van der Waals surface area contributed by atoms with E-state index in [0.29, 0.717) is 19.3 Å². The van der Waals surface area contributed by atoms with Gasteiger partial charge >= 0.3 is 17.9 Å². The highest BCUT2D eigenvalue weighted by Crippen LogP contribution is 2.16. The summed E-state index contributed by atoms with van der Waals surface area (Å²) >= 11 is 0. The number of esters is 3. The standard InChI is InChI=1S/C64H110O6/c1-4-7-10-13-16-19-21-23-25-27-28-29-30-31-32-33-34-35-36-38-39-41-43-45-48-51-54-57-63(66)69-60-61(59-68-62(65)56-53-50-47-18-15-12-9-6-3)70-64(67)58-55-52-49-46-44-42-40-37-26-24-22-20-17-14-11-8-5-2/h7,10,16,19,23,25,28-29,31-32,34-35,38-39,61H,4-6,8-9,11-15,17-18,20-22,24,26-27,30,33,36-37,40-60H2,1-3H3/b10-7-,19-16-,25-23-,29-28-,32-31-,35-34-,39-38-. The molecule has 0 aromatic rings. The monoisotopic (exact) mass is 975 g/mol. The summed E-state index contributed by atoms with van der Waals surface area (Å²) in [6.45, 7) is 6.50. The molecular weight excluding hydrogens is 865 g/mol. The number of hydrogen-bond acceptors (Lipinski definition) is 6. The molecule has 0 bridgehead atoms. The number of hydrogen-bond donors (Lipinski definition) is 0. The molecule has 0 aliphatic heterocycles. The zero-order valence-corrected chi connectivity index (χ0v) is 46.0. The van der Waals surface area contributed by atoms with Gasteiger partial charge in [0.25, 0.3) is 0 Å². The SMILES string of the molecule is CC/C=C\C/C=C\C/C=C\C/C=C\C/C=C\C/C=C\C/C=C\CCCCCCCC(=O)OCC(COC(=O)CCCCCCCCCC)OC(=O)CCCCCCCCCCCCCCCCCCC. The van der Waals surface area contributed by atoms with E-state index in [4.69, 9.17) is 14.2 Å². The average molecular weight is 976 g/mol. The minimum absolute atomic E-state index is 0.0796. The molecule has 0 saturated heterocycles. The maximum atomic E-state index is 12.8. The fourth-order valence-corrected chi connectivity index (χ4v) is 8.25. The Morgan fingerprint density at radius 1 is 0.300 bits per heavy atom. The van der Waals surface area contributed by atoms with Gasteiger partial charge in [-0.05, 0) is 77.0 Å². The summed E-state index contributed by atoms with van der Waals surface area (Å²) in [5.74, 6) is -0.895. The maximum Gasteiger partial charge on any atom is 0.306 e. The molecule has 0 aliphatic rings. The Balaban J connectivity index is 4.25. The topological polar surface area (TPSA) is 78.9 Å². The summed E-state index contributed by atoms with van der Waals surface area (Å²) in [4.78, 5) is 38.0. The first-order chi connectivity index (χ1) is 34.5. The zero-order valence-electron chi connectivity index (χ0n) is 46.0. The molecule has 70 heavy (non-hydrogen) atoms.